The average molecular weight is 242 g/mol. The predicted octanol–water partition coefficient (Wildman–Crippen LogP) is 2.84. The summed E-state index contributed by atoms with van der Waals surface area (Å²) in [4.78, 5) is 25.6. The molecule has 0 aromatic heterocycles. The lowest BCUT2D eigenvalue weighted by molar-refractivity contribution is -0.140. The number of allylic oxidation sites excluding steroid dienone is 4. The molecule has 2 heteroatoms. The monoisotopic (exact) mass is 242 g/mol. The Morgan fingerprint density at radius 1 is 1.17 bits per heavy atom. The molecule has 0 saturated heterocycles. The Morgan fingerprint density at radius 2 is 1.89 bits per heavy atom. The molecule has 4 atom stereocenters. The first-order chi connectivity index (χ1) is 8.49. The minimum absolute atomic E-state index is 0.121. The highest BCUT2D eigenvalue weighted by molar-refractivity contribution is 6.14. The summed E-state index contributed by atoms with van der Waals surface area (Å²) in [5, 5.41) is 0. The lowest BCUT2D eigenvalue weighted by Gasteiger charge is -2.47. The molecule has 2 spiro atoms. The van der Waals surface area contributed by atoms with E-state index in [0.29, 0.717) is 5.78 Å². The molecule has 2 fully saturated rings. The van der Waals surface area contributed by atoms with E-state index in [1.54, 1.807) is 0 Å². The molecule has 4 aliphatic carbocycles. The smallest absolute Gasteiger partial charge is 0.166 e. The SMILES string of the molecule is CC1=C[C@H]2[C@@]3(C)C=C[C@]4(CCCC[C@]24C1=O)C3=O. The van der Waals surface area contributed by atoms with Crippen LogP contribution < -0.4 is 0 Å². The average Bonchev–Trinajstić information content (AvgIpc) is 2.83. The number of carbonyl (C=O) groups is 2. The molecule has 0 amide bonds. The molecule has 0 unspecified atom stereocenters. The van der Waals surface area contributed by atoms with Crippen molar-refractivity contribution >= 4 is 11.6 Å². The molecule has 0 aromatic rings. The van der Waals surface area contributed by atoms with Crippen molar-refractivity contribution in [2.75, 3.05) is 0 Å². The van der Waals surface area contributed by atoms with Crippen LogP contribution in [-0.2, 0) is 9.59 Å². The minimum atomic E-state index is -0.462. The molecule has 2 nitrogen and oxygen atoms in total. The third kappa shape index (κ3) is 0.741. The third-order valence-corrected chi connectivity index (χ3v) is 6.15. The highest BCUT2D eigenvalue weighted by atomic mass is 16.1. The maximum Gasteiger partial charge on any atom is 0.166 e. The lowest BCUT2D eigenvalue weighted by atomic mass is 9.53. The molecule has 2 bridgehead atoms. The molecule has 2 saturated carbocycles. The van der Waals surface area contributed by atoms with Gasteiger partial charge in [0.1, 0.15) is 0 Å². The molecular weight excluding hydrogens is 224 g/mol. The van der Waals surface area contributed by atoms with Crippen LogP contribution in [0.5, 0.6) is 0 Å². The second-order valence-corrected chi connectivity index (χ2v) is 6.75. The maximum atomic E-state index is 12.9. The van der Waals surface area contributed by atoms with E-state index in [9.17, 15) is 9.59 Å². The van der Waals surface area contributed by atoms with E-state index < -0.39 is 16.2 Å². The zero-order chi connectivity index (χ0) is 12.8. The van der Waals surface area contributed by atoms with E-state index in [1.165, 1.54) is 0 Å². The largest absolute Gasteiger partial charge is 0.298 e. The minimum Gasteiger partial charge on any atom is -0.298 e. The molecule has 18 heavy (non-hydrogen) atoms. The molecule has 0 N–H and O–H groups in total. The third-order valence-electron chi connectivity index (χ3n) is 6.15. The fraction of sp³-hybridized carbons (Fsp3) is 0.625. The van der Waals surface area contributed by atoms with Crippen LogP contribution in [-0.4, -0.2) is 11.6 Å². The Morgan fingerprint density at radius 3 is 2.67 bits per heavy atom. The normalized spacial score (nSPS) is 52.6. The first-order valence-electron chi connectivity index (χ1n) is 6.98. The van der Waals surface area contributed by atoms with Crippen LogP contribution in [0.4, 0.5) is 0 Å². The van der Waals surface area contributed by atoms with E-state index in [1.807, 2.05) is 13.8 Å². The predicted molar refractivity (Wildman–Crippen MR) is 67.8 cm³/mol. The molecule has 0 heterocycles. The summed E-state index contributed by atoms with van der Waals surface area (Å²) in [5.74, 6) is 0.695. The number of carbonyl (C=O) groups excluding carboxylic acids is 2. The first kappa shape index (κ1) is 10.7. The van der Waals surface area contributed by atoms with Gasteiger partial charge in [-0.25, -0.2) is 0 Å². The standard InChI is InChI=1S/C16H18O2/c1-10-9-11-14(2)7-8-15(13(14)18)5-3-4-6-16(11,15)12(10)17/h7-9,11H,3-6H2,1-2H3/t11-,14+,15+,16+/m0/s1. The zero-order valence-electron chi connectivity index (χ0n) is 11.0. The molecule has 0 radical (unpaired) electrons. The van der Waals surface area contributed by atoms with Gasteiger partial charge in [0.05, 0.1) is 16.2 Å². The Balaban J connectivity index is 2.05. The molecule has 0 aromatic carbocycles. The van der Waals surface area contributed by atoms with Gasteiger partial charge in [-0.05, 0) is 32.3 Å². The lowest BCUT2D eigenvalue weighted by Crippen LogP contribution is -2.49. The maximum absolute atomic E-state index is 12.9. The van der Waals surface area contributed by atoms with Gasteiger partial charge in [0.2, 0.25) is 0 Å². The van der Waals surface area contributed by atoms with Gasteiger partial charge in [-0.2, -0.15) is 0 Å². The summed E-state index contributed by atoms with van der Waals surface area (Å²) >= 11 is 0. The number of Topliss-reactive ketones (excluding diaryl/α,β-unsaturated/α-hetero) is 2. The van der Waals surface area contributed by atoms with Gasteiger partial charge >= 0.3 is 0 Å². The Labute approximate surface area is 107 Å². The Bertz CT molecular complexity index is 555. The summed E-state index contributed by atoms with van der Waals surface area (Å²) in [7, 11) is 0. The zero-order valence-corrected chi connectivity index (χ0v) is 11.0. The topological polar surface area (TPSA) is 34.1 Å². The fourth-order valence-corrected chi connectivity index (χ4v) is 5.39. The van der Waals surface area contributed by atoms with E-state index in [4.69, 9.17) is 0 Å². The van der Waals surface area contributed by atoms with Gasteiger partial charge in [0, 0.05) is 5.92 Å². The number of rotatable bonds is 0. The van der Waals surface area contributed by atoms with Gasteiger partial charge in [0.15, 0.2) is 11.6 Å². The van der Waals surface area contributed by atoms with Crippen LogP contribution in [0.2, 0.25) is 0 Å². The van der Waals surface area contributed by atoms with Crippen LogP contribution in [0.3, 0.4) is 0 Å². The highest BCUT2D eigenvalue weighted by Crippen LogP contribution is 2.74. The molecule has 4 rings (SSSR count). The van der Waals surface area contributed by atoms with Crippen LogP contribution in [0.15, 0.2) is 23.8 Å². The highest BCUT2D eigenvalue weighted by Gasteiger charge is 2.78. The summed E-state index contributed by atoms with van der Waals surface area (Å²) < 4.78 is 0. The molecular formula is C16H18O2. The second kappa shape index (κ2) is 2.71. The molecule has 0 aliphatic heterocycles. The van der Waals surface area contributed by atoms with Crippen LogP contribution >= 0.6 is 0 Å². The van der Waals surface area contributed by atoms with Crippen molar-refractivity contribution < 1.29 is 9.59 Å². The number of ketones is 2. The quantitative estimate of drug-likeness (QED) is 0.612. The Hall–Kier alpha value is -1.18. The first-order valence-corrected chi connectivity index (χ1v) is 6.98. The fourth-order valence-electron chi connectivity index (χ4n) is 5.39. The van der Waals surface area contributed by atoms with Crippen molar-refractivity contribution in [3.8, 4) is 0 Å². The van der Waals surface area contributed by atoms with Crippen molar-refractivity contribution in [3.63, 3.8) is 0 Å². The summed E-state index contributed by atoms with van der Waals surface area (Å²) in [5.41, 5.74) is -0.405. The van der Waals surface area contributed by atoms with E-state index in [-0.39, 0.29) is 11.7 Å². The molecule has 4 aliphatic rings. The van der Waals surface area contributed by atoms with Gasteiger partial charge < -0.3 is 0 Å². The molecule has 94 valence electrons. The Kier molecular flexibility index (Phi) is 1.61. The van der Waals surface area contributed by atoms with Gasteiger partial charge in [-0.3, -0.25) is 9.59 Å². The van der Waals surface area contributed by atoms with Crippen molar-refractivity contribution in [1.29, 1.82) is 0 Å². The number of hydrogen-bond donors (Lipinski definition) is 0. The summed E-state index contributed by atoms with van der Waals surface area (Å²) in [6.07, 6.45) is 10.2. The second-order valence-electron chi connectivity index (χ2n) is 6.75. The van der Waals surface area contributed by atoms with E-state index in [2.05, 4.69) is 18.2 Å². The van der Waals surface area contributed by atoms with Gasteiger partial charge in [0.25, 0.3) is 0 Å². The van der Waals surface area contributed by atoms with Crippen LogP contribution in [0.1, 0.15) is 39.5 Å². The van der Waals surface area contributed by atoms with Crippen LogP contribution in [0.25, 0.3) is 0 Å². The van der Waals surface area contributed by atoms with Crippen molar-refractivity contribution in [2.24, 2.45) is 22.2 Å². The van der Waals surface area contributed by atoms with Gasteiger partial charge in [-0.1, -0.05) is 31.1 Å². The van der Waals surface area contributed by atoms with Crippen molar-refractivity contribution in [3.05, 3.63) is 23.8 Å². The van der Waals surface area contributed by atoms with Crippen LogP contribution in [0, 0.1) is 22.2 Å². The number of hydrogen-bond acceptors (Lipinski definition) is 2. The van der Waals surface area contributed by atoms with Crippen molar-refractivity contribution in [2.45, 2.75) is 39.5 Å². The summed E-state index contributed by atoms with van der Waals surface area (Å²) in [6, 6.07) is 0. The number of fused-ring (bicyclic) bond motifs is 2. The summed E-state index contributed by atoms with van der Waals surface area (Å²) in [6.45, 7) is 3.96. The van der Waals surface area contributed by atoms with Crippen molar-refractivity contribution in [1.82, 2.24) is 0 Å². The van der Waals surface area contributed by atoms with Gasteiger partial charge in [-0.15, -0.1) is 0 Å². The van der Waals surface area contributed by atoms with E-state index >= 15 is 0 Å². The van der Waals surface area contributed by atoms with E-state index in [0.717, 1.165) is 31.3 Å².